The van der Waals surface area contributed by atoms with Crippen molar-refractivity contribution in [3.8, 4) is 0 Å². The molecule has 2 N–H and O–H groups in total. The lowest BCUT2D eigenvalue weighted by atomic mass is 9.71. The molecular formula is C25H31BrN2O5S. The van der Waals surface area contributed by atoms with Gasteiger partial charge in [-0.15, -0.1) is 18.3 Å². The van der Waals surface area contributed by atoms with Crippen LogP contribution < -0.4 is 4.90 Å². The van der Waals surface area contributed by atoms with Crippen molar-refractivity contribution in [2.45, 2.75) is 60.5 Å². The molecule has 2 bridgehead atoms. The average molecular weight is 552 g/mol. The number of aliphatic carboxylic acids is 1. The lowest BCUT2D eigenvalue weighted by Crippen LogP contribution is -2.58. The monoisotopic (exact) mass is 550 g/mol. The fourth-order valence-electron chi connectivity index (χ4n) is 6.24. The van der Waals surface area contributed by atoms with E-state index in [1.165, 1.54) is 16.7 Å². The number of para-hydroxylation sites is 1. The Morgan fingerprint density at radius 2 is 2.03 bits per heavy atom. The predicted molar refractivity (Wildman–Crippen MR) is 136 cm³/mol. The number of likely N-dealkylation sites (tertiary alicyclic amines) is 1. The van der Waals surface area contributed by atoms with Crippen LogP contribution >= 0.6 is 27.7 Å². The molecule has 0 aliphatic carbocycles. The van der Waals surface area contributed by atoms with Crippen LogP contribution in [0, 0.1) is 25.7 Å². The van der Waals surface area contributed by atoms with Crippen LogP contribution in [0.25, 0.3) is 0 Å². The quantitative estimate of drug-likeness (QED) is 0.381. The van der Waals surface area contributed by atoms with Gasteiger partial charge in [-0.2, -0.15) is 0 Å². The van der Waals surface area contributed by atoms with Crippen molar-refractivity contribution in [2.75, 3.05) is 18.1 Å². The van der Waals surface area contributed by atoms with E-state index in [1.807, 2.05) is 39.0 Å². The second-order valence-electron chi connectivity index (χ2n) is 9.47. The number of carboxylic acid groups (broad SMARTS) is 1. The topological polar surface area (TPSA) is 98.2 Å². The minimum atomic E-state index is -1.01. The summed E-state index contributed by atoms with van der Waals surface area (Å²) in [5.41, 5.74) is 2.64. The summed E-state index contributed by atoms with van der Waals surface area (Å²) in [6.45, 7) is 9.57. The Bertz CT molecular complexity index is 1010. The molecule has 0 saturated carbocycles. The van der Waals surface area contributed by atoms with Crippen LogP contribution in [0.2, 0.25) is 0 Å². The van der Waals surface area contributed by atoms with Gasteiger partial charge in [0.2, 0.25) is 5.91 Å². The van der Waals surface area contributed by atoms with Crippen LogP contribution in [0.15, 0.2) is 30.9 Å². The van der Waals surface area contributed by atoms with Crippen LogP contribution in [-0.4, -0.2) is 73.0 Å². The number of aliphatic hydroxyl groups excluding tert-OH is 1. The molecule has 2 amide bonds. The number of carbonyl (C=O) groups is 3. The van der Waals surface area contributed by atoms with Crippen LogP contribution in [0.1, 0.15) is 30.9 Å². The molecule has 1 aromatic carbocycles. The van der Waals surface area contributed by atoms with Crippen LogP contribution in [0.3, 0.4) is 0 Å². The number of hydrogen-bond acceptors (Lipinski definition) is 5. The van der Waals surface area contributed by atoms with Gasteiger partial charge >= 0.3 is 5.97 Å². The minimum Gasteiger partial charge on any atom is -0.481 e. The third-order valence-corrected chi connectivity index (χ3v) is 10.8. The Balaban J connectivity index is 1.89. The number of fused-ring (bicyclic) bond motifs is 1. The molecule has 3 heterocycles. The Hall–Kier alpha value is -1.84. The molecule has 9 heteroatoms. The number of amides is 2. The van der Waals surface area contributed by atoms with E-state index in [0.29, 0.717) is 12.8 Å². The van der Waals surface area contributed by atoms with Gasteiger partial charge in [0.15, 0.2) is 0 Å². The number of thioether (sulfide) groups is 1. The van der Waals surface area contributed by atoms with Gasteiger partial charge in [-0.25, -0.2) is 0 Å². The molecule has 0 radical (unpaired) electrons. The van der Waals surface area contributed by atoms with Crippen molar-refractivity contribution < 1.29 is 24.6 Å². The van der Waals surface area contributed by atoms with Crippen LogP contribution in [-0.2, 0) is 14.4 Å². The molecule has 4 rings (SSSR count). The molecule has 3 fully saturated rings. The molecule has 1 aromatic rings. The number of rotatable bonds is 8. The van der Waals surface area contributed by atoms with Crippen molar-refractivity contribution in [3.05, 3.63) is 42.0 Å². The summed E-state index contributed by atoms with van der Waals surface area (Å²) in [7, 11) is 0. The highest BCUT2D eigenvalue weighted by Gasteiger charge is 2.76. The molecule has 0 aromatic heterocycles. The Morgan fingerprint density at radius 1 is 1.38 bits per heavy atom. The minimum absolute atomic E-state index is 0.111. The van der Waals surface area contributed by atoms with Gasteiger partial charge in [-0.05, 0) is 37.8 Å². The summed E-state index contributed by atoms with van der Waals surface area (Å²) < 4.78 is -0.866. The largest absolute Gasteiger partial charge is 0.481 e. The fourth-order valence-corrected chi connectivity index (χ4v) is 9.82. The van der Waals surface area contributed by atoms with Crippen molar-refractivity contribution in [2.24, 2.45) is 11.8 Å². The maximum absolute atomic E-state index is 14.5. The van der Waals surface area contributed by atoms with E-state index >= 15 is 0 Å². The van der Waals surface area contributed by atoms with E-state index in [-0.39, 0.29) is 35.0 Å². The predicted octanol–water partition coefficient (Wildman–Crippen LogP) is 3.14. The fraction of sp³-hybridized carbons (Fsp3) is 0.560. The molecule has 34 heavy (non-hydrogen) atoms. The summed E-state index contributed by atoms with van der Waals surface area (Å²) in [5, 5.41) is 19.9. The number of aryl methyl sites for hydroxylation is 2. The Morgan fingerprint density at radius 3 is 2.56 bits per heavy atom. The maximum Gasteiger partial charge on any atom is 0.308 e. The molecule has 7 nitrogen and oxygen atoms in total. The zero-order valence-corrected chi connectivity index (χ0v) is 22.0. The van der Waals surface area contributed by atoms with E-state index in [4.69, 9.17) is 0 Å². The standard InChI is InChI=1S/C25H31BrN2O5S/c1-5-10-27(19-13(3)8-7-9-14(19)4)23(31)21-25-11-16(26)20(34-25)17(24(32)33)18(25)22(30)28(21)15(6-2)12-29/h5,7-9,15-18,20-21,29H,1,6,10-12H2,2-4H3,(H,32,33)/t15-,16?,17-,18-,20-,21?,25?/m0/s1. The molecule has 7 atom stereocenters. The Kier molecular flexibility index (Phi) is 6.92. The van der Waals surface area contributed by atoms with Crippen molar-refractivity contribution >= 4 is 51.2 Å². The van der Waals surface area contributed by atoms with E-state index in [9.17, 15) is 24.6 Å². The highest BCUT2D eigenvalue weighted by molar-refractivity contribution is 9.09. The third-order valence-electron chi connectivity index (χ3n) is 7.61. The number of aliphatic hydroxyl groups is 1. The number of benzene rings is 1. The lowest BCUT2D eigenvalue weighted by Gasteiger charge is -2.40. The van der Waals surface area contributed by atoms with Gasteiger partial charge in [-0.3, -0.25) is 14.4 Å². The van der Waals surface area contributed by atoms with Crippen LogP contribution in [0.5, 0.6) is 0 Å². The van der Waals surface area contributed by atoms with E-state index < -0.39 is 34.6 Å². The van der Waals surface area contributed by atoms with E-state index in [2.05, 4.69) is 22.5 Å². The number of hydrogen-bond donors (Lipinski definition) is 2. The first-order valence-electron chi connectivity index (χ1n) is 11.6. The van der Waals surface area contributed by atoms with Crippen LogP contribution in [0.4, 0.5) is 5.69 Å². The maximum atomic E-state index is 14.5. The van der Waals surface area contributed by atoms with Gasteiger partial charge in [0.05, 0.1) is 29.2 Å². The summed E-state index contributed by atoms with van der Waals surface area (Å²) >= 11 is 5.12. The normalized spacial score (nSPS) is 32.6. The van der Waals surface area contributed by atoms with Gasteiger partial charge in [0.25, 0.3) is 5.91 Å². The summed E-state index contributed by atoms with van der Waals surface area (Å²) in [6, 6.07) is 4.38. The molecule has 1 spiro atoms. The highest BCUT2D eigenvalue weighted by Crippen LogP contribution is 2.68. The SMILES string of the molecule is C=CCN(C(=O)C1N([C@@H](CC)CO)C(=O)[C@@H]2[C@H](C(=O)O)[C@H]3SC12CC3Br)c1c(C)cccc1C. The number of halogens is 1. The number of anilines is 1. The smallest absolute Gasteiger partial charge is 0.308 e. The zero-order chi connectivity index (χ0) is 24.9. The lowest BCUT2D eigenvalue weighted by molar-refractivity contribution is -0.149. The van der Waals surface area contributed by atoms with Crippen molar-refractivity contribution in [3.63, 3.8) is 0 Å². The number of nitrogens with zero attached hydrogens (tertiary/aromatic N) is 2. The number of carboxylic acids is 1. The third kappa shape index (κ3) is 3.54. The number of alkyl halides is 1. The summed E-state index contributed by atoms with van der Waals surface area (Å²) in [6.07, 6.45) is 2.64. The molecule has 3 unspecified atom stereocenters. The summed E-state index contributed by atoms with van der Waals surface area (Å²) in [5.74, 6) is -3.27. The average Bonchev–Trinajstić information content (AvgIpc) is 3.37. The highest BCUT2D eigenvalue weighted by atomic mass is 79.9. The van der Waals surface area contributed by atoms with Crippen molar-refractivity contribution in [1.82, 2.24) is 4.90 Å². The molecule has 3 aliphatic heterocycles. The second-order valence-corrected chi connectivity index (χ2v) is 12.2. The zero-order valence-electron chi connectivity index (χ0n) is 19.6. The molecule has 3 aliphatic rings. The molecular weight excluding hydrogens is 520 g/mol. The summed E-state index contributed by atoms with van der Waals surface area (Å²) in [4.78, 5) is 43.7. The first kappa shape index (κ1) is 25.3. The van der Waals surface area contributed by atoms with E-state index in [0.717, 1.165) is 16.8 Å². The Labute approximate surface area is 212 Å². The van der Waals surface area contributed by atoms with Gasteiger partial charge in [0, 0.05) is 22.3 Å². The second kappa shape index (κ2) is 9.32. The first-order valence-corrected chi connectivity index (χ1v) is 13.4. The van der Waals surface area contributed by atoms with Gasteiger partial charge in [-0.1, -0.05) is 47.1 Å². The molecule has 184 valence electrons. The van der Waals surface area contributed by atoms with Gasteiger partial charge in [0.1, 0.15) is 6.04 Å². The number of carbonyl (C=O) groups excluding carboxylic acids is 2. The molecule has 3 saturated heterocycles. The van der Waals surface area contributed by atoms with Gasteiger partial charge < -0.3 is 20.0 Å². The van der Waals surface area contributed by atoms with E-state index in [1.54, 1.807) is 11.0 Å². The van der Waals surface area contributed by atoms with Crippen molar-refractivity contribution in [1.29, 1.82) is 0 Å². The first-order chi connectivity index (χ1) is 16.1.